The first kappa shape index (κ1) is 9.45. The highest BCUT2D eigenvalue weighted by Gasteiger charge is 2.21. The van der Waals surface area contributed by atoms with Crippen LogP contribution in [0.3, 0.4) is 0 Å². The number of primary amides is 1. The maximum atomic E-state index is 11.4. The Balaban J connectivity index is 2.35. The summed E-state index contributed by atoms with van der Waals surface area (Å²) in [6.07, 6.45) is 1.61. The molecule has 2 heterocycles. The van der Waals surface area contributed by atoms with Crippen LogP contribution >= 0.6 is 0 Å². The zero-order chi connectivity index (χ0) is 10.8. The summed E-state index contributed by atoms with van der Waals surface area (Å²) in [6.45, 7) is 0.218. The van der Waals surface area contributed by atoms with E-state index in [1.165, 1.54) is 4.90 Å². The molecule has 0 aliphatic carbocycles. The van der Waals surface area contributed by atoms with Crippen molar-refractivity contribution in [2.45, 2.75) is 6.54 Å². The molecule has 6 heteroatoms. The molecular weight excluding hydrogens is 196 g/mol. The van der Waals surface area contributed by atoms with E-state index in [0.29, 0.717) is 11.4 Å². The predicted molar refractivity (Wildman–Crippen MR) is 52.9 cm³/mol. The number of fused-ring (bicyclic) bond motifs is 1. The van der Waals surface area contributed by atoms with Gasteiger partial charge < -0.3 is 16.0 Å². The second kappa shape index (κ2) is 3.56. The number of nitrogens with one attached hydrogen (secondary N) is 1. The lowest BCUT2D eigenvalue weighted by Crippen LogP contribution is -2.38. The molecule has 0 fully saturated rings. The summed E-state index contributed by atoms with van der Waals surface area (Å²) in [7, 11) is 0. The summed E-state index contributed by atoms with van der Waals surface area (Å²) >= 11 is 0. The second-order valence-electron chi connectivity index (χ2n) is 3.24. The minimum atomic E-state index is -0.622. The van der Waals surface area contributed by atoms with E-state index in [4.69, 9.17) is 5.73 Å². The van der Waals surface area contributed by atoms with Gasteiger partial charge in [-0.3, -0.25) is 9.78 Å². The van der Waals surface area contributed by atoms with Crippen molar-refractivity contribution >= 4 is 17.6 Å². The lowest BCUT2D eigenvalue weighted by atomic mass is 10.3. The Morgan fingerprint density at radius 2 is 2.33 bits per heavy atom. The van der Waals surface area contributed by atoms with E-state index in [0.717, 1.165) is 0 Å². The first-order chi connectivity index (χ1) is 7.16. The SMILES string of the molecule is NC(=O)N1CC(=O)Nc2cccnc2C1. The lowest BCUT2D eigenvalue weighted by molar-refractivity contribution is -0.116. The number of carbonyl (C=O) groups excluding carboxylic acids is 2. The number of nitrogens with two attached hydrogens (primary N) is 1. The molecular formula is C9H10N4O2. The Morgan fingerprint density at radius 1 is 1.53 bits per heavy atom. The Labute approximate surface area is 86.1 Å². The average molecular weight is 206 g/mol. The van der Waals surface area contributed by atoms with Crippen LogP contribution < -0.4 is 11.1 Å². The van der Waals surface area contributed by atoms with Gasteiger partial charge in [-0.25, -0.2) is 4.79 Å². The van der Waals surface area contributed by atoms with Gasteiger partial charge in [0.05, 0.1) is 17.9 Å². The molecule has 1 aliphatic heterocycles. The molecule has 6 nitrogen and oxygen atoms in total. The number of rotatable bonds is 0. The number of amides is 3. The van der Waals surface area contributed by atoms with Crippen LogP contribution in [0.5, 0.6) is 0 Å². The van der Waals surface area contributed by atoms with E-state index in [2.05, 4.69) is 10.3 Å². The third kappa shape index (κ3) is 1.88. The van der Waals surface area contributed by atoms with Gasteiger partial charge in [-0.15, -0.1) is 0 Å². The van der Waals surface area contributed by atoms with Gasteiger partial charge >= 0.3 is 6.03 Å². The number of hydrogen-bond acceptors (Lipinski definition) is 3. The zero-order valence-electron chi connectivity index (χ0n) is 7.93. The number of aromatic nitrogens is 1. The monoisotopic (exact) mass is 206 g/mol. The summed E-state index contributed by atoms with van der Waals surface area (Å²) in [5.74, 6) is -0.263. The summed E-state index contributed by atoms with van der Waals surface area (Å²) < 4.78 is 0. The minimum absolute atomic E-state index is 0.0360. The molecule has 15 heavy (non-hydrogen) atoms. The van der Waals surface area contributed by atoms with Crippen LogP contribution in [-0.2, 0) is 11.3 Å². The standard InChI is InChI=1S/C9H10N4O2/c10-9(15)13-4-7-6(2-1-3-11-7)12-8(14)5-13/h1-3H,4-5H2,(H2,10,15)(H,12,14). The molecule has 0 saturated carbocycles. The van der Waals surface area contributed by atoms with Gasteiger partial charge in [0, 0.05) is 6.20 Å². The molecule has 0 atom stereocenters. The third-order valence-electron chi connectivity index (χ3n) is 2.15. The Hall–Kier alpha value is -2.11. The van der Waals surface area contributed by atoms with Gasteiger partial charge in [0.2, 0.25) is 5.91 Å². The van der Waals surface area contributed by atoms with Crippen LogP contribution in [0, 0.1) is 0 Å². The van der Waals surface area contributed by atoms with Crippen molar-refractivity contribution in [1.82, 2.24) is 9.88 Å². The molecule has 0 radical (unpaired) electrons. The van der Waals surface area contributed by atoms with Gasteiger partial charge in [0.15, 0.2) is 0 Å². The van der Waals surface area contributed by atoms with E-state index >= 15 is 0 Å². The van der Waals surface area contributed by atoms with Crippen LogP contribution in [0.15, 0.2) is 18.3 Å². The Kier molecular flexibility index (Phi) is 2.24. The molecule has 0 bridgehead atoms. The molecule has 0 saturated heterocycles. The second-order valence-corrected chi connectivity index (χ2v) is 3.24. The molecule has 3 N–H and O–H groups in total. The fraction of sp³-hybridized carbons (Fsp3) is 0.222. The highest BCUT2D eigenvalue weighted by molar-refractivity contribution is 5.95. The molecule has 1 aliphatic rings. The van der Waals surface area contributed by atoms with Crippen molar-refractivity contribution in [3.8, 4) is 0 Å². The molecule has 0 unspecified atom stereocenters. The number of nitrogens with zero attached hydrogens (tertiary/aromatic N) is 2. The van der Waals surface area contributed by atoms with Gasteiger partial charge in [0.1, 0.15) is 6.54 Å². The van der Waals surface area contributed by atoms with Gasteiger partial charge in [-0.05, 0) is 12.1 Å². The smallest absolute Gasteiger partial charge is 0.315 e. The number of pyridine rings is 1. The van der Waals surface area contributed by atoms with Gasteiger partial charge in [-0.1, -0.05) is 0 Å². The van der Waals surface area contributed by atoms with E-state index in [1.54, 1.807) is 18.3 Å². The molecule has 78 valence electrons. The van der Waals surface area contributed by atoms with Gasteiger partial charge in [0.25, 0.3) is 0 Å². The highest BCUT2D eigenvalue weighted by Crippen LogP contribution is 2.17. The van der Waals surface area contributed by atoms with Crippen molar-refractivity contribution in [3.63, 3.8) is 0 Å². The van der Waals surface area contributed by atoms with E-state index < -0.39 is 6.03 Å². The van der Waals surface area contributed by atoms with Crippen LogP contribution in [0.1, 0.15) is 5.69 Å². The minimum Gasteiger partial charge on any atom is -0.351 e. The molecule has 1 aromatic rings. The maximum Gasteiger partial charge on any atom is 0.315 e. The quantitative estimate of drug-likeness (QED) is 0.622. The fourth-order valence-electron chi connectivity index (χ4n) is 1.43. The van der Waals surface area contributed by atoms with Crippen molar-refractivity contribution in [1.29, 1.82) is 0 Å². The summed E-state index contributed by atoms with van der Waals surface area (Å²) in [6, 6.07) is 2.84. The average Bonchev–Trinajstić information content (AvgIpc) is 2.35. The lowest BCUT2D eigenvalue weighted by Gasteiger charge is -2.15. The third-order valence-corrected chi connectivity index (χ3v) is 2.15. The largest absolute Gasteiger partial charge is 0.351 e. The Morgan fingerprint density at radius 3 is 3.07 bits per heavy atom. The molecule has 3 amide bonds. The first-order valence-electron chi connectivity index (χ1n) is 4.45. The predicted octanol–water partition coefficient (Wildman–Crippen LogP) is -0.0856. The normalized spacial score (nSPS) is 15.2. The van der Waals surface area contributed by atoms with E-state index in [-0.39, 0.29) is 19.0 Å². The summed E-state index contributed by atoms with van der Waals surface area (Å²) in [5, 5.41) is 2.66. The maximum absolute atomic E-state index is 11.4. The van der Waals surface area contributed by atoms with Crippen LogP contribution in [0.2, 0.25) is 0 Å². The van der Waals surface area contributed by atoms with Crippen LogP contribution in [0.25, 0.3) is 0 Å². The molecule has 2 rings (SSSR count). The first-order valence-corrected chi connectivity index (χ1v) is 4.45. The van der Waals surface area contributed by atoms with E-state index in [1.807, 2.05) is 0 Å². The van der Waals surface area contributed by atoms with Gasteiger partial charge in [-0.2, -0.15) is 0 Å². The number of carbonyl (C=O) groups is 2. The van der Waals surface area contributed by atoms with Crippen molar-refractivity contribution in [3.05, 3.63) is 24.0 Å². The molecule has 1 aromatic heterocycles. The molecule has 0 aromatic carbocycles. The van der Waals surface area contributed by atoms with E-state index in [9.17, 15) is 9.59 Å². The zero-order valence-corrected chi connectivity index (χ0v) is 7.93. The molecule has 0 spiro atoms. The topological polar surface area (TPSA) is 88.3 Å². The van der Waals surface area contributed by atoms with Crippen LogP contribution in [0.4, 0.5) is 10.5 Å². The summed E-state index contributed by atoms with van der Waals surface area (Å²) in [4.78, 5) is 27.7. The van der Waals surface area contributed by atoms with Crippen molar-refractivity contribution in [2.75, 3.05) is 11.9 Å². The Bertz CT molecular complexity index is 418. The number of anilines is 1. The summed E-state index contributed by atoms with van der Waals surface area (Å²) in [5.41, 5.74) is 6.41. The highest BCUT2D eigenvalue weighted by atomic mass is 16.2. The fourth-order valence-corrected chi connectivity index (χ4v) is 1.43. The van der Waals surface area contributed by atoms with Crippen molar-refractivity contribution < 1.29 is 9.59 Å². The van der Waals surface area contributed by atoms with Crippen LogP contribution in [-0.4, -0.2) is 28.4 Å². The van der Waals surface area contributed by atoms with Crippen molar-refractivity contribution in [2.24, 2.45) is 5.73 Å². The number of urea groups is 1. The number of hydrogen-bond donors (Lipinski definition) is 2.